The van der Waals surface area contributed by atoms with Crippen molar-refractivity contribution in [2.75, 3.05) is 13.1 Å². The number of carboxylic acid groups (broad SMARTS) is 1. The lowest BCUT2D eigenvalue weighted by molar-refractivity contribution is -0.129. The molecule has 0 aliphatic carbocycles. The predicted octanol–water partition coefficient (Wildman–Crippen LogP) is 1.46. The Morgan fingerprint density at radius 1 is 1.18 bits per heavy atom. The number of benzene rings is 1. The number of Topliss-reactive ketones (excluding diaryl/α,β-unsaturated/α-hetero) is 1. The summed E-state index contributed by atoms with van der Waals surface area (Å²) in [5.41, 5.74) is 5.29. The molecule has 4 rings (SSSR count). The SMILES string of the molecule is CC(CC(N)=O)C(C(=O)NC1CCCN(S(=O)(=O)c2ccccn2)CC1=O)c1nc(C(=O)O)cc2ccccc12. The van der Waals surface area contributed by atoms with Crippen molar-refractivity contribution in [3.8, 4) is 0 Å². The van der Waals surface area contributed by atoms with E-state index in [1.54, 1.807) is 37.3 Å². The summed E-state index contributed by atoms with van der Waals surface area (Å²) in [4.78, 5) is 58.7. The Kier molecular flexibility index (Phi) is 8.55. The van der Waals surface area contributed by atoms with Crippen molar-refractivity contribution >= 4 is 44.4 Å². The smallest absolute Gasteiger partial charge is 0.354 e. The summed E-state index contributed by atoms with van der Waals surface area (Å²) < 4.78 is 27.1. The molecule has 12 nitrogen and oxygen atoms in total. The second kappa shape index (κ2) is 11.9. The first-order chi connectivity index (χ1) is 19.0. The molecule has 3 heterocycles. The molecule has 1 aliphatic rings. The number of carbonyl (C=O) groups excluding carboxylic acids is 3. The number of pyridine rings is 2. The normalized spacial score (nSPS) is 18.0. The highest BCUT2D eigenvalue weighted by Crippen LogP contribution is 2.32. The number of nitrogens with two attached hydrogens (primary N) is 1. The summed E-state index contributed by atoms with van der Waals surface area (Å²) in [6, 6.07) is 11.7. The molecule has 210 valence electrons. The van der Waals surface area contributed by atoms with E-state index in [2.05, 4.69) is 15.3 Å². The first kappa shape index (κ1) is 28.8. The van der Waals surface area contributed by atoms with Crippen LogP contribution in [0.4, 0.5) is 0 Å². The van der Waals surface area contributed by atoms with Crippen molar-refractivity contribution < 1.29 is 32.7 Å². The molecule has 0 saturated carbocycles. The van der Waals surface area contributed by atoms with Crippen LogP contribution in [0, 0.1) is 5.92 Å². The van der Waals surface area contributed by atoms with E-state index in [0.717, 1.165) is 4.31 Å². The number of fused-ring (bicyclic) bond motifs is 1. The van der Waals surface area contributed by atoms with Crippen LogP contribution in [0.5, 0.6) is 0 Å². The van der Waals surface area contributed by atoms with Crippen LogP contribution >= 0.6 is 0 Å². The Balaban J connectivity index is 1.65. The molecule has 0 bridgehead atoms. The van der Waals surface area contributed by atoms with Crippen molar-refractivity contribution in [2.45, 2.75) is 43.2 Å². The number of nitrogens with zero attached hydrogens (tertiary/aromatic N) is 3. The number of rotatable bonds is 9. The van der Waals surface area contributed by atoms with Gasteiger partial charge in [0.1, 0.15) is 5.69 Å². The Labute approximate surface area is 230 Å². The van der Waals surface area contributed by atoms with Crippen LogP contribution in [0.15, 0.2) is 59.8 Å². The molecule has 0 radical (unpaired) electrons. The van der Waals surface area contributed by atoms with Crippen molar-refractivity contribution in [3.05, 3.63) is 66.1 Å². The van der Waals surface area contributed by atoms with Crippen LogP contribution in [0.1, 0.15) is 48.3 Å². The fourth-order valence-electron chi connectivity index (χ4n) is 4.91. The van der Waals surface area contributed by atoms with Gasteiger partial charge in [-0.1, -0.05) is 37.3 Å². The third-order valence-corrected chi connectivity index (χ3v) is 8.60. The maximum atomic E-state index is 13.8. The Morgan fingerprint density at radius 3 is 2.58 bits per heavy atom. The summed E-state index contributed by atoms with van der Waals surface area (Å²) in [5.74, 6) is -4.93. The first-order valence-electron chi connectivity index (χ1n) is 12.6. The Bertz CT molecular complexity index is 1560. The number of hydrogen-bond acceptors (Lipinski definition) is 8. The summed E-state index contributed by atoms with van der Waals surface area (Å²) in [7, 11) is -4.02. The van der Waals surface area contributed by atoms with Crippen molar-refractivity contribution in [1.82, 2.24) is 19.6 Å². The van der Waals surface area contributed by atoms with Gasteiger partial charge in [-0.25, -0.2) is 23.2 Å². The van der Waals surface area contributed by atoms with Gasteiger partial charge in [-0.15, -0.1) is 0 Å². The minimum Gasteiger partial charge on any atom is -0.477 e. The van der Waals surface area contributed by atoms with E-state index < -0.39 is 58.0 Å². The number of aromatic nitrogens is 2. The number of sulfonamides is 1. The van der Waals surface area contributed by atoms with E-state index in [9.17, 15) is 32.7 Å². The lowest BCUT2D eigenvalue weighted by Gasteiger charge is -2.26. The third kappa shape index (κ3) is 6.15. The zero-order chi connectivity index (χ0) is 29.0. The maximum Gasteiger partial charge on any atom is 0.354 e. The molecule has 3 unspecified atom stereocenters. The summed E-state index contributed by atoms with van der Waals surface area (Å²) in [6.45, 7) is 1.22. The van der Waals surface area contributed by atoms with Crippen molar-refractivity contribution in [2.24, 2.45) is 11.7 Å². The second-order valence-corrected chi connectivity index (χ2v) is 11.6. The molecule has 1 aromatic carbocycles. The van der Waals surface area contributed by atoms with Crippen molar-refractivity contribution in [3.63, 3.8) is 0 Å². The molecule has 2 aromatic heterocycles. The minimum atomic E-state index is -4.02. The fraction of sp³-hybridized carbons (Fsp3) is 0.333. The minimum absolute atomic E-state index is 0.0609. The van der Waals surface area contributed by atoms with Crippen LogP contribution < -0.4 is 11.1 Å². The number of carbonyl (C=O) groups is 4. The average Bonchev–Trinajstić information content (AvgIpc) is 3.10. The number of hydrogen-bond donors (Lipinski definition) is 3. The maximum absolute atomic E-state index is 13.8. The van der Waals surface area contributed by atoms with Crippen LogP contribution in [-0.4, -0.2) is 70.5 Å². The van der Waals surface area contributed by atoms with Gasteiger partial charge in [0.05, 0.1) is 24.2 Å². The first-order valence-corrected chi connectivity index (χ1v) is 14.1. The zero-order valence-corrected chi connectivity index (χ0v) is 22.5. The highest BCUT2D eigenvalue weighted by molar-refractivity contribution is 7.89. The highest BCUT2D eigenvalue weighted by Gasteiger charge is 2.37. The molecule has 40 heavy (non-hydrogen) atoms. The molecule has 1 aliphatic heterocycles. The zero-order valence-electron chi connectivity index (χ0n) is 21.7. The monoisotopic (exact) mass is 567 g/mol. The fourth-order valence-corrected chi connectivity index (χ4v) is 6.28. The van der Waals surface area contributed by atoms with Crippen LogP contribution in [0.3, 0.4) is 0 Å². The molecule has 2 amide bonds. The van der Waals surface area contributed by atoms with Gasteiger partial charge in [0, 0.05) is 24.5 Å². The standard InChI is InChI=1S/C27H29N5O7S/c1-16(13-22(28)34)24(25-18-8-3-2-7-17(18)14-20(30-25)27(36)37)26(35)31-19-9-6-12-32(15-21(19)33)40(38,39)23-10-4-5-11-29-23/h2-5,7-8,10-11,14,16,19,24H,6,9,12-13,15H2,1H3,(H2,28,34)(H,31,35)(H,36,37). The van der Waals surface area contributed by atoms with E-state index in [0.29, 0.717) is 17.2 Å². The third-order valence-electron chi connectivity index (χ3n) is 6.84. The number of aromatic carboxylic acids is 1. The molecule has 0 spiro atoms. The topological polar surface area (TPSA) is 190 Å². The van der Waals surface area contributed by atoms with E-state index in [-0.39, 0.29) is 35.8 Å². The summed E-state index contributed by atoms with van der Waals surface area (Å²) in [6.07, 6.45) is 1.62. The molecule has 4 N–H and O–H groups in total. The van der Waals surface area contributed by atoms with E-state index in [4.69, 9.17) is 5.73 Å². The average molecular weight is 568 g/mol. The Hall–Kier alpha value is -4.23. The van der Waals surface area contributed by atoms with Crippen molar-refractivity contribution in [1.29, 1.82) is 0 Å². The lowest BCUT2D eigenvalue weighted by atomic mass is 9.84. The van der Waals surface area contributed by atoms with Gasteiger partial charge >= 0.3 is 5.97 Å². The van der Waals surface area contributed by atoms with E-state index >= 15 is 0 Å². The predicted molar refractivity (Wildman–Crippen MR) is 144 cm³/mol. The molecule has 3 atom stereocenters. The molecular formula is C27H29N5O7S. The van der Waals surface area contributed by atoms with Gasteiger partial charge < -0.3 is 16.2 Å². The number of carboxylic acids is 1. The van der Waals surface area contributed by atoms with Gasteiger partial charge in [0.2, 0.25) is 11.8 Å². The second-order valence-electron chi connectivity index (χ2n) is 9.72. The van der Waals surface area contributed by atoms with Crippen LogP contribution in [-0.2, 0) is 24.4 Å². The molecule has 1 fully saturated rings. The number of ketones is 1. The van der Waals surface area contributed by atoms with Crippen LogP contribution in [0.25, 0.3) is 10.8 Å². The van der Waals surface area contributed by atoms with E-state index in [1.807, 2.05) is 0 Å². The summed E-state index contributed by atoms with van der Waals surface area (Å²) >= 11 is 0. The van der Waals surface area contributed by atoms with Gasteiger partial charge in [-0.05, 0) is 42.3 Å². The lowest BCUT2D eigenvalue weighted by Crippen LogP contribution is -2.47. The molecule has 13 heteroatoms. The van der Waals surface area contributed by atoms with E-state index in [1.165, 1.54) is 24.4 Å². The summed E-state index contributed by atoms with van der Waals surface area (Å²) in [5, 5.41) is 13.2. The van der Waals surface area contributed by atoms with Gasteiger partial charge in [0.15, 0.2) is 10.8 Å². The largest absolute Gasteiger partial charge is 0.477 e. The van der Waals surface area contributed by atoms with Crippen LogP contribution in [0.2, 0.25) is 0 Å². The van der Waals surface area contributed by atoms with Gasteiger partial charge in [-0.3, -0.25) is 14.4 Å². The van der Waals surface area contributed by atoms with Gasteiger partial charge in [-0.2, -0.15) is 4.31 Å². The number of nitrogens with one attached hydrogen (secondary N) is 1. The van der Waals surface area contributed by atoms with Gasteiger partial charge in [0.25, 0.3) is 10.0 Å². The molecule has 1 saturated heterocycles. The number of amides is 2. The molecular weight excluding hydrogens is 538 g/mol. The quantitative estimate of drug-likeness (QED) is 0.344. The Morgan fingerprint density at radius 2 is 1.90 bits per heavy atom. The highest BCUT2D eigenvalue weighted by atomic mass is 32.2. The number of primary amides is 1. The molecule has 3 aromatic rings.